The Bertz CT molecular complexity index is 1410. The van der Waals surface area contributed by atoms with Gasteiger partial charge in [-0.2, -0.15) is 0 Å². The summed E-state index contributed by atoms with van der Waals surface area (Å²) in [5.41, 5.74) is 4.31. The van der Waals surface area contributed by atoms with Crippen LogP contribution in [0.25, 0.3) is 0 Å². The number of nitrogens with zero attached hydrogens (tertiary/aromatic N) is 1. The van der Waals surface area contributed by atoms with E-state index in [1.165, 1.54) is 12.0 Å². The topological polar surface area (TPSA) is 87.7 Å². The second-order valence-electron chi connectivity index (χ2n) is 10.8. The molecule has 0 fully saturated rings. The number of allylic oxidation sites excluding steroid dienone is 1. The molecule has 2 aromatic carbocycles. The lowest BCUT2D eigenvalue weighted by molar-refractivity contribution is -0.120. The van der Waals surface area contributed by atoms with Gasteiger partial charge in [0.05, 0.1) is 36.6 Å². The van der Waals surface area contributed by atoms with Crippen LogP contribution < -0.4 is 15.5 Å². The third-order valence-corrected chi connectivity index (χ3v) is 8.18. The summed E-state index contributed by atoms with van der Waals surface area (Å²) in [7, 11) is 1.35. The maximum atomic E-state index is 13.8. The highest BCUT2D eigenvalue weighted by molar-refractivity contribution is 7.09. The van der Waals surface area contributed by atoms with Crippen molar-refractivity contribution in [1.29, 1.82) is 0 Å². The standard InChI is InChI=1S/C31H33N3O4S/c1-31(2)17-24-28(26(35)18-31)29(20-10-12-21(13-11-20)30(37)38-3)34(25-9-5-4-8-23(25)33-24)19-27(36)32-15-14-22-7-6-16-39-22/h4-13,16,29,33H,14-15,17-19H2,1-3H3,(H,32,36). The van der Waals surface area contributed by atoms with Gasteiger partial charge in [0, 0.05) is 29.1 Å². The summed E-state index contributed by atoms with van der Waals surface area (Å²) >= 11 is 1.67. The van der Waals surface area contributed by atoms with Crippen LogP contribution in [0.1, 0.15) is 53.5 Å². The van der Waals surface area contributed by atoms with Crippen molar-refractivity contribution in [2.75, 3.05) is 30.4 Å². The molecule has 1 aromatic heterocycles. The van der Waals surface area contributed by atoms with Gasteiger partial charge in [0.2, 0.25) is 5.91 Å². The summed E-state index contributed by atoms with van der Waals surface area (Å²) in [5, 5.41) is 8.66. The number of hydrogen-bond acceptors (Lipinski definition) is 7. The molecule has 1 aliphatic heterocycles. The van der Waals surface area contributed by atoms with E-state index in [1.54, 1.807) is 23.5 Å². The molecular formula is C31H33N3O4S. The summed E-state index contributed by atoms with van der Waals surface area (Å²) in [5.74, 6) is -0.483. The fraction of sp³-hybridized carbons (Fsp3) is 0.323. The molecule has 2 N–H and O–H groups in total. The molecule has 1 unspecified atom stereocenters. The SMILES string of the molecule is COC(=O)c1ccc(C2C3=C(CC(C)(C)CC3=O)Nc3ccccc3N2CC(=O)NCCc2cccs2)cc1. The first-order valence-electron chi connectivity index (χ1n) is 13.1. The highest BCUT2D eigenvalue weighted by atomic mass is 32.1. The van der Waals surface area contributed by atoms with E-state index in [2.05, 4.69) is 30.5 Å². The Balaban J connectivity index is 1.55. The molecule has 5 rings (SSSR count). The number of fused-ring (bicyclic) bond motifs is 1. The number of thiophene rings is 1. The third-order valence-electron chi connectivity index (χ3n) is 7.24. The molecule has 0 saturated carbocycles. The van der Waals surface area contributed by atoms with Gasteiger partial charge in [-0.1, -0.05) is 44.2 Å². The number of para-hydroxylation sites is 2. The van der Waals surface area contributed by atoms with Crippen LogP contribution in [0.3, 0.4) is 0 Å². The minimum Gasteiger partial charge on any atom is -0.465 e. The van der Waals surface area contributed by atoms with Crippen LogP contribution in [0.4, 0.5) is 11.4 Å². The summed E-state index contributed by atoms with van der Waals surface area (Å²) in [6.07, 6.45) is 1.89. The lowest BCUT2D eigenvalue weighted by atomic mass is 9.73. The van der Waals surface area contributed by atoms with E-state index in [-0.39, 0.29) is 23.7 Å². The minimum absolute atomic E-state index is 0.0618. The first kappa shape index (κ1) is 26.7. The number of Topliss-reactive ketones (excluding diaryl/α,β-unsaturated/α-hetero) is 1. The molecule has 1 atom stereocenters. The molecular weight excluding hydrogens is 510 g/mol. The summed E-state index contributed by atoms with van der Waals surface area (Å²) in [4.78, 5) is 42.5. The molecule has 0 spiro atoms. The Labute approximate surface area is 232 Å². The molecule has 39 heavy (non-hydrogen) atoms. The fourth-order valence-electron chi connectivity index (χ4n) is 5.48. The predicted molar refractivity (Wildman–Crippen MR) is 154 cm³/mol. The number of carbonyl (C=O) groups excluding carboxylic acids is 3. The van der Waals surface area contributed by atoms with Crippen LogP contribution in [-0.4, -0.2) is 37.9 Å². The quantitative estimate of drug-likeness (QED) is 0.382. The van der Waals surface area contributed by atoms with Crippen molar-refractivity contribution in [3.8, 4) is 0 Å². The fourth-order valence-corrected chi connectivity index (χ4v) is 6.19. The normalized spacial score (nSPS) is 18.0. The third kappa shape index (κ3) is 5.76. The molecule has 0 saturated heterocycles. The van der Waals surface area contributed by atoms with Crippen LogP contribution in [-0.2, 0) is 20.7 Å². The lowest BCUT2D eigenvalue weighted by Gasteiger charge is -2.38. The number of nitrogens with one attached hydrogen (secondary N) is 2. The zero-order chi connectivity index (χ0) is 27.6. The number of carbonyl (C=O) groups is 3. The number of ketones is 1. The molecule has 1 aliphatic carbocycles. The monoisotopic (exact) mass is 543 g/mol. The average Bonchev–Trinajstić information content (AvgIpc) is 3.38. The van der Waals surface area contributed by atoms with Gasteiger partial charge in [-0.15, -0.1) is 11.3 Å². The maximum absolute atomic E-state index is 13.8. The van der Waals surface area contributed by atoms with E-state index in [0.29, 0.717) is 30.5 Å². The molecule has 8 heteroatoms. The highest BCUT2D eigenvalue weighted by Gasteiger charge is 2.41. The Kier molecular flexibility index (Phi) is 7.57. The largest absolute Gasteiger partial charge is 0.465 e. The van der Waals surface area contributed by atoms with E-state index in [0.717, 1.165) is 29.1 Å². The molecule has 7 nitrogen and oxygen atoms in total. The molecule has 1 amide bonds. The van der Waals surface area contributed by atoms with E-state index in [9.17, 15) is 14.4 Å². The first-order valence-corrected chi connectivity index (χ1v) is 14.0. The summed E-state index contributed by atoms with van der Waals surface area (Å²) < 4.78 is 4.88. The van der Waals surface area contributed by atoms with Gasteiger partial charge >= 0.3 is 5.97 Å². The van der Waals surface area contributed by atoms with Gasteiger partial charge in [-0.3, -0.25) is 9.59 Å². The smallest absolute Gasteiger partial charge is 0.337 e. The number of amides is 1. The average molecular weight is 544 g/mol. The number of benzene rings is 2. The number of esters is 1. The minimum atomic E-state index is -0.505. The van der Waals surface area contributed by atoms with E-state index in [1.807, 2.05) is 52.7 Å². The van der Waals surface area contributed by atoms with Gasteiger partial charge in [0.1, 0.15) is 0 Å². The second-order valence-corrected chi connectivity index (χ2v) is 11.8. The number of methoxy groups -OCH3 is 1. The van der Waals surface area contributed by atoms with E-state index >= 15 is 0 Å². The van der Waals surface area contributed by atoms with Gasteiger partial charge in [0.15, 0.2) is 5.78 Å². The van der Waals surface area contributed by atoms with Crippen molar-refractivity contribution in [2.45, 2.75) is 39.2 Å². The molecule has 0 radical (unpaired) electrons. The number of hydrogen-bond donors (Lipinski definition) is 2. The Morgan fingerprint density at radius 1 is 1.08 bits per heavy atom. The molecule has 3 aromatic rings. The highest BCUT2D eigenvalue weighted by Crippen LogP contribution is 2.48. The first-order chi connectivity index (χ1) is 18.8. The van der Waals surface area contributed by atoms with Crippen molar-refractivity contribution in [2.24, 2.45) is 5.41 Å². The number of anilines is 2. The number of ether oxygens (including phenoxy) is 1. The molecule has 2 heterocycles. The van der Waals surface area contributed by atoms with Gasteiger partial charge in [-0.25, -0.2) is 4.79 Å². The van der Waals surface area contributed by atoms with Gasteiger partial charge in [-0.05, 0) is 59.5 Å². The summed E-state index contributed by atoms with van der Waals surface area (Å²) in [6.45, 7) is 4.81. The second kappa shape index (κ2) is 11.1. The van der Waals surface area contributed by atoms with Gasteiger partial charge in [0.25, 0.3) is 0 Å². The number of rotatable bonds is 7. The van der Waals surface area contributed by atoms with Crippen LogP contribution in [0, 0.1) is 5.41 Å². The van der Waals surface area contributed by atoms with Crippen molar-refractivity contribution >= 4 is 40.4 Å². The van der Waals surface area contributed by atoms with Crippen molar-refractivity contribution in [3.63, 3.8) is 0 Å². The van der Waals surface area contributed by atoms with Gasteiger partial charge < -0.3 is 20.3 Å². The zero-order valence-corrected chi connectivity index (χ0v) is 23.3. The molecule has 202 valence electrons. The van der Waals surface area contributed by atoms with Crippen LogP contribution >= 0.6 is 11.3 Å². The zero-order valence-electron chi connectivity index (χ0n) is 22.5. The van der Waals surface area contributed by atoms with Crippen LogP contribution in [0.2, 0.25) is 0 Å². The van der Waals surface area contributed by atoms with E-state index in [4.69, 9.17) is 4.74 Å². The lowest BCUT2D eigenvalue weighted by Crippen LogP contribution is -2.42. The van der Waals surface area contributed by atoms with E-state index < -0.39 is 12.0 Å². The Morgan fingerprint density at radius 2 is 1.85 bits per heavy atom. The van der Waals surface area contributed by atoms with Crippen molar-refractivity contribution < 1.29 is 19.1 Å². The molecule has 0 bridgehead atoms. The molecule has 2 aliphatic rings. The van der Waals surface area contributed by atoms with Crippen LogP contribution in [0.5, 0.6) is 0 Å². The van der Waals surface area contributed by atoms with Crippen LogP contribution in [0.15, 0.2) is 77.3 Å². The predicted octanol–water partition coefficient (Wildman–Crippen LogP) is 5.51. The summed E-state index contributed by atoms with van der Waals surface area (Å²) in [6, 6.07) is 18.5. The van der Waals surface area contributed by atoms with Crippen molar-refractivity contribution in [1.82, 2.24) is 5.32 Å². The maximum Gasteiger partial charge on any atom is 0.337 e. The van der Waals surface area contributed by atoms with Crippen molar-refractivity contribution in [3.05, 3.63) is 93.3 Å². The Morgan fingerprint density at radius 3 is 2.56 bits per heavy atom. The Hall–Kier alpha value is -3.91.